The van der Waals surface area contributed by atoms with Gasteiger partial charge in [-0.05, 0) is 55.0 Å². The van der Waals surface area contributed by atoms with E-state index in [0.29, 0.717) is 18.2 Å². The van der Waals surface area contributed by atoms with Gasteiger partial charge in [0.15, 0.2) is 0 Å². The molecule has 1 N–H and O–H groups in total. The van der Waals surface area contributed by atoms with Gasteiger partial charge in [0.25, 0.3) is 5.91 Å². The van der Waals surface area contributed by atoms with E-state index in [9.17, 15) is 4.79 Å². The number of nitrogens with zero attached hydrogens (tertiary/aromatic N) is 3. The third-order valence-electron chi connectivity index (χ3n) is 5.57. The Morgan fingerprint density at radius 3 is 2.94 bits per heavy atom. The van der Waals surface area contributed by atoms with Crippen molar-refractivity contribution in [3.05, 3.63) is 83.8 Å². The Morgan fingerprint density at radius 1 is 1.19 bits per heavy atom. The molecule has 1 fully saturated rings. The van der Waals surface area contributed by atoms with E-state index >= 15 is 0 Å². The lowest BCUT2D eigenvalue weighted by Gasteiger charge is -2.30. The number of benzene rings is 2. The average Bonchev–Trinajstić information content (AvgIpc) is 3.62. The minimum atomic E-state index is -0.536. The van der Waals surface area contributed by atoms with E-state index in [1.54, 1.807) is 12.4 Å². The van der Waals surface area contributed by atoms with Crippen LogP contribution in [0, 0.1) is 6.92 Å². The van der Waals surface area contributed by atoms with Crippen LogP contribution in [0.3, 0.4) is 0 Å². The highest BCUT2D eigenvalue weighted by atomic mass is 16.5. The SMILES string of the molecule is Cc1ccc(C(=O)NC2CC2)cc1N1C=CC=NC1OCc1nccc2ccccc12. The van der Waals surface area contributed by atoms with Gasteiger partial charge in [0.1, 0.15) is 0 Å². The minimum Gasteiger partial charge on any atom is -0.349 e. The average molecular weight is 412 g/mol. The zero-order valence-corrected chi connectivity index (χ0v) is 17.4. The second-order valence-corrected chi connectivity index (χ2v) is 7.91. The van der Waals surface area contributed by atoms with Crippen LogP contribution in [0.2, 0.25) is 0 Å². The fourth-order valence-electron chi connectivity index (χ4n) is 3.70. The van der Waals surface area contributed by atoms with Gasteiger partial charge in [-0.1, -0.05) is 30.3 Å². The number of fused-ring (bicyclic) bond motifs is 1. The lowest BCUT2D eigenvalue weighted by atomic mass is 10.1. The quantitative estimate of drug-likeness (QED) is 0.654. The molecule has 2 aliphatic rings. The Kier molecular flexibility index (Phi) is 5.22. The molecular weight excluding hydrogens is 388 g/mol. The predicted molar refractivity (Wildman–Crippen MR) is 122 cm³/mol. The molecule has 6 nitrogen and oxygen atoms in total. The number of pyridine rings is 1. The van der Waals surface area contributed by atoms with Crippen molar-refractivity contribution in [3.8, 4) is 0 Å². The van der Waals surface area contributed by atoms with Crippen LogP contribution in [0.5, 0.6) is 0 Å². The van der Waals surface area contributed by atoms with Crippen LogP contribution in [-0.4, -0.2) is 29.5 Å². The largest absolute Gasteiger partial charge is 0.349 e. The highest BCUT2D eigenvalue weighted by molar-refractivity contribution is 5.96. The standard InChI is InChI=1S/C25H24N4O2/c1-17-7-8-19(24(30)28-20-9-10-20)15-23(17)29-14-4-12-27-25(29)31-16-22-21-6-3-2-5-18(21)11-13-26-22/h2-8,11-15,20,25H,9-10,16H2,1H3,(H,28,30). The Bertz CT molecular complexity index is 1180. The van der Waals surface area contributed by atoms with Crippen molar-refractivity contribution >= 4 is 28.6 Å². The van der Waals surface area contributed by atoms with Gasteiger partial charge in [-0.25, -0.2) is 4.99 Å². The summed E-state index contributed by atoms with van der Waals surface area (Å²) in [5.41, 5.74) is 3.45. The number of aliphatic imine (C=N–C) groups is 1. The molecule has 5 rings (SSSR count). The number of aromatic nitrogens is 1. The van der Waals surface area contributed by atoms with Crippen LogP contribution in [0.4, 0.5) is 5.69 Å². The van der Waals surface area contributed by atoms with Gasteiger partial charge in [0, 0.05) is 41.3 Å². The topological polar surface area (TPSA) is 66.8 Å². The Morgan fingerprint density at radius 2 is 2.06 bits per heavy atom. The molecule has 1 unspecified atom stereocenters. The molecule has 2 aromatic carbocycles. The van der Waals surface area contributed by atoms with Crippen molar-refractivity contribution in [3.63, 3.8) is 0 Å². The summed E-state index contributed by atoms with van der Waals surface area (Å²) in [7, 11) is 0. The van der Waals surface area contributed by atoms with Crippen LogP contribution in [0.1, 0.15) is 34.5 Å². The highest BCUT2D eigenvalue weighted by Gasteiger charge is 2.25. The van der Waals surface area contributed by atoms with Crippen LogP contribution in [0.25, 0.3) is 10.8 Å². The first-order chi connectivity index (χ1) is 15.2. The van der Waals surface area contributed by atoms with Gasteiger partial charge in [-0.3, -0.25) is 9.78 Å². The van der Waals surface area contributed by atoms with Gasteiger partial charge in [-0.2, -0.15) is 0 Å². The van der Waals surface area contributed by atoms with Crippen LogP contribution in [-0.2, 0) is 11.3 Å². The zero-order valence-electron chi connectivity index (χ0n) is 17.4. The smallest absolute Gasteiger partial charge is 0.251 e. The van der Waals surface area contributed by atoms with Crippen molar-refractivity contribution < 1.29 is 9.53 Å². The first-order valence-corrected chi connectivity index (χ1v) is 10.5. The molecule has 1 aromatic heterocycles. The van der Waals surface area contributed by atoms with Crippen LogP contribution in [0.15, 0.2) is 72.0 Å². The third kappa shape index (κ3) is 4.20. The van der Waals surface area contributed by atoms with Gasteiger partial charge in [0.2, 0.25) is 6.35 Å². The van der Waals surface area contributed by atoms with E-state index in [4.69, 9.17) is 4.74 Å². The van der Waals surface area contributed by atoms with E-state index < -0.39 is 6.35 Å². The number of carbonyl (C=O) groups is 1. The predicted octanol–water partition coefficient (Wildman–Crippen LogP) is 4.34. The summed E-state index contributed by atoms with van der Waals surface area (Å²) < 4.78 is 6.19. The number of anilines is 1. The van der Waals surface area contributed by atoms with Crippen molar-refractivity contribution in [1.29, 1.82) is 0 Å². The number of allylic oxidation sites excluding steroid dienone is 1. The third-order valence-corrected chi connectivity index (χ3v) is 5.57. The van der Waals surface area contributed by atoms with E-state index in [0.717, 1.165) is 40.6 Å². The fraction of sp³-hybridized carbons (Fsp3) is 0.240. The maximum atomic E-state index is 12.5. The molecule has 2 heterocycles. The molecule has 0 saturated heterocycles. The monoisotopic (exact) mass is 412 g/mol. The lowest BCUT2D eigenvalue weighted by molar-refractivity contribution is 0.0487. The molecule has 31 heavy (non-hydrogen) atoms. The molecule has 1 aliphatic heterocycles. The van der Waals surface area contributed by atoms with Crippen molar-refractivity contribution in [2.45, 2.75) is 38.8 Å². The van der Waals surface area contributed by atoms with Crippen molar-refractivity contribution in [2.24, 2.45) is 4.99 Å². The van der Waals surface area contributed by atoms with Crippen molar-refractivity contribution in [2.75, 3.05) is 4.90 Å². The molecule has 3 aromatic rings. The van der Waals surface area contributed by atoms with Gasteiger partial charge in [-0.15, -0.1) is 0 Å². The summed E-state index contributed by atoms with van der Waals surface area (Å²) in [6, 6.07) is 16.2. The zero-order chi connectivity index (χ0) is 21.2. The minimum absolute atomic E-state index is 0.0364. The summed E-state index contributed by atoms with van der Waals surface area (Å²) in [5, 5.41) is 5.25. The summed E-state index contributed by atoms with van der Waals surface area (Å²) >= 11 is 0. The molecule has 1 amide bonds. The molecule has 0 radical (unpaired) electrons. The first-order valence-electron chi connectivity index (χ1n) is 10.5. The molecule has 1 saturated carbocycles. The molecule has 0 spiro atoms. The number of nitrogens with one attached hydrogen (secondary N) is 1. The normalized spacial score (nSPS) is 17.8. The first kappa shape index (κ1) is 19.5. The number of rotatable bonds is 6. The van der Waals surface area contributed by atoms with Gasteiger partial charge in [0.05, 0.1) is 12.3 Å². The van der Waals surface area contributed by atoms with E-state index in [1.165, 1.54) is 0 Å². The van der Waals surface area contributed by atoms with E-state index in [2.05, 4.69) is 27.4 Å². The van der Waals surface area contributed by atoms with Crippen molar-refractivity contribution in [1.82, 2.24) is 10.3 Å². The molecule has 1 atom stereocenters. The van der Waals surface area contributed by atoms with Crippen LogP contribution < -0.4 is 10.2 Å². The molecule has 156 valence electrons. The summed E-state index contributed by atoms with van der Waals surface area (Å²) in [4.78, 5) is 23.5. The second-order valence-electron chi connectivity index (χ2n) is 7.91. The maximum Gasteiger partial charge on any atom is 0.251 e. The van der Waals surface area contributed by atoms with E-state index in [1.807, 2.05) is 60.5 Å². The number of carbonyl (C=O) groups excluding carboxylic acids is 1. The van der Waals surface area contributed by atoms with Crippen LogP contribution >= 0.6 is 0 Å². The number of ether oxygens (including phenoxy) is 1. The Labute approximate surface area is 181 Å². The number of amides is 1. The Balaban J connectivity index is 1.38. The summed E-state index contributed by atoms with van der Waals surface area (Å²) in [6.07, 6.45) is 8.92. The Hall–Kier alpha value is -3.51. The molecule has 0 bridgehead atoms. The molecular formula is C25H24N4O2. The molecule has 1 aliphatic carbocycles. The highest BCUT2D eigenvalue weighted by Crippen LogP contribution is 2.28. The lowest BCUT2D eigenvalue weighted by Crippen LogP contribution is -2.34. The fourth-order valence-corrected chi connectivity index (χ4v) is 3.70. The summed E-state index contributed by atoms with van der Waals surface area (Å²) in [5.74, 6) is -0.0364. The van der Waals surface area contributed by atoms with Gasteiger partial charge < -0.3 is 15.0 Å². The summed E-state index contributed by atoms with van der Waals surface area (Å²) in [6.45, 7) is 2.35. The number of hydrogen-bond acceptors (Lipinski definition) is 5. The second kappa shape index (κ2) is 8.32. The molecule has 6 heteroatoms. The van der Waals surface area contributed by atoms with Gasteiger partial charge >= 0.3 is 0 Å². The maximum absolute atomic E-state index is 12.5. The number of aryl methyl sites for hydroxylation is 1. The number of hydrogen-bond donors (Lipinski definition) is 1. The van der Waals surface area contributed by atoms with E-state index in [-0.39, 0.29) is 5.91 Å².